The van der Waals surface area contributed by atoms with Crippen molar-refractivity contribution in [2.75, 3.05) is 5.32 Å². The number of carboxylic acid groups (broad SMARTS) is 1. The molecule has 4 rings (SSSR count). The number of benzene rings is 1. The molecule has 2 aromatic rings. The first-order valence-electron chi connectivity index (χ1n) is 9.07. The van der Waals surface area contributed by atoms with Crippen LogP contribution in [0.2, 0.25) is 0 Å². The van der Waals surface area contributed by atoms with E-state index in [0.29, 0.717) is 12.2 Å². The fourth-order valence-corrected chi connectivity index (χ4v) is 4.45. The van der Waals surface area contributed by atoms with Crippen molar-refractivity contribution in [1.82, 2.24) is 9.78 Å². The summed E-state index contributed by atoms with van der Waals surface area (Å²) in [6.45, 7) is 4.01. The fourth-order valence-electron chi connectivity index (χ4n) is 4.45. The lowest BCUT2D eigenvalue weighted by molar-refractivity contribution is -0.137. The molecule has 1 saturated carbocycles. The number of hydrogen-bond donors (Lipinski definition) is 2. The minimum Gasteiger partial charge on any atom is -0.481 e. The molecule has 2 N–H and O–H groups in total. The van der Waals surface area contributed by atoms with E-state index < -0.39 is 5.97 Å². The number of nitrogens with one attached hydrogen (secondary N) is 1. The Hall–Kier alpha value is -2.63. The van der Waals surface area contributed by atoms with Crippen LogP contribution in [0.15, 0.2) is 24.3 Å². The second kappa shape index (κ2) is 5.97. The zero-order chi connectivity index (χ0) is 18.5. The summed E-state index contributed by atoms with van der Waals surface area (Å²) in [7, 11) is 0. The monoisotopic (exact) mass is 353 g/mol. The van der Waals surface area contributed by atoms with Crippen LogP contribution < -0.4 is 5.32 Å². The third kappa shape index (κ3) is 2.60. The van der Waals surface area contributed by atoms with Crippen molar-refractivity contribution < 1.29 is 14.7 Å². The third-order valence-corrected chi connectivity index (χ3v) is 5.95. The van der Waals surface area contributed by atoms with E-state index in [1.54, 1.807) is 4.68 Å². The third-order valence-electron chi connectivity index (χ3n) is 5.95. The van der Waals surface area contributed by atoms with Gasteiger partial charge in [-0.25, -0.2) is 0 Å². The summed E-state index contributed by atoms with van der Waals surface area (Å²) >= 11 is 0. The van der Waals surface area contributed by atoms with Gasteiger partial charge in [0.15, 0.2) is 0 Å². The van der Waals surface area contributed by atoms with E-state index in [2.05, 4.69) is 34.7 Å². The number of carbonyl (C=O) groups is 2. The van der Waals surface area contributed by atoms with Crippen LogP contribution in [-0.2, 0) is 28.0 Å². The van der Waals surface area contributed by atoms with E-state index in [4.69, 9.17) is 5.11 Å². The number of aryl methyl sites for hydroxylation is 3. The maximum atomic E-state index is 12.9. The van der Waals surface area contributed by atoms with Gasteiger partial charge in [0.2, 0.25) is 5.91 Å². The second-order valence-corrected chi connectivity index (χ2v) is 7.47. The Bertz CT molecular complexity index is 902. The molecule has 2 aliphatic carbocycles. The van der Waals surface area contributed by atoms with Gasteiger partial charge in [0, 0.05) is 11.3 Å². The molecule has 1 aromatic heterocycles. The van der Waals surface area contributed by atoms with Crippen molar-refractivity contribution in [1.29, 1.82) is 0 Å². The zero-order valence-corrected chi connectivity index (χ0v) is 15.1. The maximum absolute atomic E-state index is 12.9. The lowest BCUT2D eigenvalue weighted by Gasteiger charge is -2.12. The summed E-state index contributed by atoms with van der Waals surface area (Å²) in [5.74, 6) is -0.805. The summed E-state index contributed by atoms with van der Waals surface area (Å²) in [5, 5.41) is 16.3. The first-order valence-corrected chi connectivity index (χ1v) is 9.07. The van der Waals surface area contributed by atoms with E-state index >= 15 is 0 Å². The molecule has 2 unspecified atom stereocenters. The standard InChI is InChI=1S/C20H23N3O3/c1-12-18(13(2)23(22-12)10-8-17(24)25)21-19(26)16-11-20(16)9-7-14-5-3-4-6-15(14)20/h3-6,16H,7-11H2,1-2H3,(H,21,26)(H,24,25). The van der Waals surface area contributed by atoms with Crippen molar-refractivity contribution in [3.05, 3.63) is 46.8 Å². The molecule has 1 heterocycles. The largest absolute Gasteiger partial charge is 0.481 e. The van der Waals surface area contributed by atoms with Crippen LogP contribution in [0.25, 0.3) is 0 Å². The molecule has 2 atom stereocenters. The number of carboxylic acids is 1. The first-order chi connectivity index (χ1) is 12.4. The normalized spacial score (nSPS) is 23.1. The summed E-state index contributed by atoms with van der Waals surface area (Å²) in [4.78, 5) is 23.7. The van der Waals surface area contributed by atoms with Crippen molar-refractivity contribution in [2.24, 2.45) is 5.92 Å². The van der Waals surface area contributed by atoms with Gasteiger partial charge >= 0.3 is 5.97 Å². The van der Waals surface area contributed by atoms with Crippen molar-refractivity contribution in [2.45, 2.75) is 51.5 Å². The molecule has 1 spiro atoms. The summed E-state index contributed by atoms with van der Waals surface area (Å²) < 4.78 is 1.66. The molecule has 26 heavy (non-hydrogen) atoms. The van der Waals surface area contributed by atoms with Crippen molar-refractivity contribution in [3.8, 4) is 0 Å². The van der Waals surface area contributed by atoms with Gasteiger partial charge in [-0.3, -0.25) is 14.3 Å². The predicted octanol–water partition coefficient (Wildman–Crippen LogP) is 2.82. The van der Waals surface area contributed by atoms with Gasteiger partial charge in [-0.1, -0.05) is 24.3 Å². The number of aliphatic carboxylic acids is 1. The lowest BCUT2D eigenvalue weighted by Crippen LogP contribution is -2.20. The van der Waals surface area contributed by atoms with Crippen LogP contribution in [0.4, 0.5) is 5.69 Å². The van der Waals surface area contributed by atoms with Crippen LogP contribution in [0.1, 0.15) is 41.8 Å². The van der Waals surface area contributed by atoms with Crippen molar-refractivity contribution in [3.63, 3.8) is 0 Å². The Morgan fingerprint density at radius 2 is 2.12 bits per heavy atom. The molecule has 0 bridgehead atoms. The van der Waals surface area contributed by atoms with Crippen LogP contribution in [0, 0.1) is 19.8 Å². The van der Waals surface area contributed by atoms with Gasteiger partial charge in [0.05, 0.1) is 30.0 Å². The predicted molar refractivity (Wildman–Crippen MR) is 97.1 cm³/mol. The number of carbonyl (C=O) groups excluding carboxylic acids is 1. The number of hydrogen-bond acceptors (Lipinski definition) is 3. The van der Waals surface area contributed by atoms with Gasteiger partial charge in [-0.15, -0.1) is 0 Å². The smallest absolute Gasteiger partial charge is 0.305 e. The van der Waals surface area contributed by atoms with Gasteiger partial charge in [-0.05, 0) is 44.2 Å². The summed E-state index contributed by atoms with van der Waals surface area (Å²) in [5.41, 5.74) is 4.97. The molecule has 2 aliphatic rings. The zero-order valence-electron chi connectivity index (χ0n) is 15.1. The minimum absolute atomic E-state index is 0.00678. The number of fused-ring (bicyclic) bond motifs is 2. The van der Waals surface area contributed by atoms with E-state index in [-0.39, 0.29) is 23.7 Å². The number of nitrogens with zero attached hydrogens (tertiary/aromatic N) is 2. The maximum Gasteiger partial charge on any atom is 0.305 e. The van der Waals surface area contributed by atoms with Crippen LogP contribution >= 0.6 is 0 Å². The SMILES string of the molecule is Cc1nn(CCC(=O)O)c(C)c1NC(=O)C1CC12CCc1ccccc12. The Morgan fingerprint density at radius 1 is 1.35 bits per heavy atom. The van der Waals surface area contributed by atoms with E-state index in [9.17, 15) is 9.59 Å². The molecule has 1 fully saturated rings. The average molecular weight is 353 g/mol. The number of aromatic nitrogens is 2. The molecule has 136 valence electrons. The molecule has 0 radical (unpaired) electrons. The lowest BCUT2D eigenvalue weighted by atomic mass is 9.95. The molecule has 0 saturated heterocycles. The van der Waals surface area contributed by atoms with Crippen molar-refractivity contribution >= 4 is 17.6 Å². The van der Waals surface area contributed by atoms with Crippen LogP contribution in [0.3, 0.4) is 0 Å². The summed E-state index contributed by atoms with van der Waals surface area (Å²) in [6.07, 6.45) is 3.00. The highest BCUT2D eigenvalue weighted by atomic mass is 16.4. The Balaban J connectivity index is 1.50. The Morgan fingerprint density at radius 3 is 2.88 bits per heavy atom. The molecule has 0 aliphatic heterocycles. The number of rotatable bonds is 5. The highest BCUT2D eigenvalue weighted by Crippen LogP contribution is 2.61. The van der Waals surface area contributed by atoms with Gasteiger partial charge in [-0.2, -0.15) is 5.10 Å². The Kier molecular flexibility index (Phi) is 3.86. The van der Waals surface area contributed by atoms with E-state index in [0.717, 1.165) is 30.7 Å². The van der Waals surface area contributed by atoms with Crippen LogP contribution in [0.5, 0.6) is 0 Å². The Labute approximate surface area is 152 Å². The first kappa shape index (κ1) is 16.8. The molecule has 6 heteroatoms. The summed E-state index contributed by atoms with van der Waals surface area (Å²) in [6, 6.07) is 8.45. The quantitative estimate of drug-likeness (QED) is 0.866. The highest BCUT2D eigenvalue weighted by Gasteiger charge is 2.61. The molecule has 1 amide bonds. The van der Waals surface area contributed by atoms with Gasteiger partial charge in [0.25, 0.3) is 0 Å². The fraction of sp³-hybridized carbons (Fsp3) is 0.450. The number of amides is 1. The van der Waals surface area contributed by atoms with E-state index in [1.165, 1.54) is 11.1 Å². The molecular formula is C20H23N3O3. The molecule has 1 aromatic carbocycles. The number of anilines is 1. The molecule has 6 nitrogen and oxygen atoms in total. The minimum atomic E-state index is -0.858. The highest BCUT2D eigenvalue weighted by molar-refractivity contribution is 5.97. The van der Waals surface area contributed by atoms with Gasteiger partial charge < -0.3 is 10.4 Å². The second-order valence-electron chi connectivity index (χ2n) is 7.47. The van der Waals surface area contributed by atoms with Crippen LogP contribution in [-0.4, -0.2) is 26.8 Å². The topological polar surface area (TPSA) is 84.2 Å². The average Bonchev–Trinajstić information content (AvgIpc) is 3.15. The van der Waals surface area contributed by atoms with E-state index in [1.807, 2.05) is 13.8 Å². The molecular weight excluding hydrogens is 330 g/mol. The van der Waals surface area contributed by atoms with Gasteiger partial charge in [0.1, 0.15) is 0 Å².